The minimum absolute atomic E-state index is 0.0284. The van der Waals surface area contributed by atoms with Crippen molar-refractivity contribution in [1.82, 2.24) is 9.88 Å². The van der Waals surface area contributed by atoms with Gasteiger partial charge in [-0.3, -0.25) is 9.69 Å². The Hall–Kier alpha value is -2.88. The average molecular weight is 445 g/mol. The van der Waals surface area contributed by atoms with Crippen LogP contribution in [0.3, 0.4) is 0 Å². The number of aryl methyl sites for hydroxylation is 1. The number of benzene rings is 3. The van der Waals surface area contributed by atoms with E-state index in [-0.39, 0.29) is 5.56 Å². The van der Waals surface area contributed by atoms with Crippen LogP contribution in [-0.2, 0) is 19.6 Å². The van der Waals surface area contributed by atoms with Gasteiger partial charge in [0.05, 0.1) is 0 Å². The zero-order chi connectivity index (χ0) is 22.7. The van der Waals surface area contributed by atoms with Crippen molar-refractivity contribution in [2.75, 3.05) is 0 Å². The highest BCUT2D eigenvalue weighted by atomic mass is 35.5. The molecule has 164 valence electrons. The number of H-pyrrole nitrogens is 1. The van der Waals surface area contributed by atoms with E-state index in [1.165, 1.54) is 16.7 Å². The number of halogens is 1. The third-order valence-electron chi connectivity index (χ3n) is 5.84. The number of aromatic amines is 1. The van der Waals surface area contributed by atoms with Gasteiger partial charge in [0.15, 0.2) is 0 Å². The van der Waals surface area contributed by atoms with Gasteiger partial charge in [0.25, 0.3) is 5.56 Å². The minimum atomic E-state index is -0.0284. The van der Waals surface area contributed by atoms with Crippen LogP contribution in [0.2, 0.25) is 5.02 Å². The first-order valence-corrected chi connectivity index (χ1v) is 11.4. The highest BCUT2D eigenvalue weighted by Crippen LogP contribution is 2.20. The first-order valence-electron chi connectivity index (χ1n) is 11.1. The summed E-state index contributed by atoms with van der Waals surface area (Å²) in [5.41, 5.74) is 6.49. The van der Waals surface area contributed by atoms with E-state index in [1.54, 1.807) is 0 Å². The molecule has 4 rings (SSSR count). The van der Waals surface area contributed by atoms with Gasteiger partial charge in [-0.05, 0) is 64.7 Å². The van der Waals surface area contributed by atoms with Crippen molar-refractivity contribution in [3.63, 3.8) is 0 Å². The molecular weight excluding hydrogens is 416 g/mol. The van der Waals surface area contributed by atoms with Gasteiger partial charge >= 0.3 is 0 Å². The molecule has 0 radical (unpaired) electrons. The maximum Gasteiger partial charge on any atom is 0.252 e. The average Bonchev–Trinajstić information content (AvgIpc) is 2.76. The second-order valence-electron chi connectivity index (χ2n) is 8.88. The fourth-order valence-corrected chi connectivity index (χ4v) is 4.13. The SMILES string of the molecule is Cc1ccc2cc(CN(Cc3ccc(Cl)cc3)Cc3ccc(C(C)C)cc3)c(=O)[nH]c2c1. The number of hydrogen-bond donors (Lipinski definition) is 1. The largest absolute Gasteiger partial charge is 0.322 e. The van der Waals surface area contributed by atoms with Crippen molar-refractivity contribution in [3.8, 4) is 0 Å². The van der Waals surface area contributed by atoms with Crippen LogP contribution in [0, 0.1) is 6.92 Å². The number of nitrogens with one attached hydrogen (secondary N) is 1. The van der Waals surface area contributed by atoms with Crippen LogP contribution in [-0.4, -0.2) is 9.88 Å². The molecule has 0 saturated heterocycles. The van der Waals surface area contributed by atoms with Gasteiger partial charge in [-0.25, -0.2) is 0 Å². The lowest BCUT2D eigenvalue weighted by molar-refractivity contribution is 0.247. The normalized spacial score (nSPS) is 11.6. The smallest absolute Gasteiger partial charge is 0.252 e. The molecule has 0 bridgehead atoms. The van der Waals surface area contributed by atoms with Gasteiger partial charge in [0.2, 0.25) is 0 Å². The Kier molecular flexibility index (Phi) is 6.78. The Morgan fingerprint density at radius 3 is 2.09 bits per heavy atom. The Balaban J connectivity index is 1.63. The van der Waals surface area contributed by atoms with E-state index in [1.807, 2.05) is 43.3 Å². The first kappa shape index (κ1) is 22.3. The molecule has 1 N–H and O–H groups in total. The number of aromatic nitrogens is 1. The second-order valence-corrected chi connectivity index (χ2v) is 9.32. The first-order chi connectivity index (χ1) is 15.4. The fraction of sp³-hybridized carbons (Fsp3) is 0.250. The molecule has 1 aromatic heterocycles. The summed E-state index contributed by atoms with van der Waals surface area (Å²) in [6, 6.07) is 24.9. The lowest BCUT2D eigenvalue weighted by Crippen LogP contribution is -2.26. The Morgan fingerprint density at radius 1 is 0.844 bits per heavy atom. The van der Waals surface area contributed by atoms with Gasteiger partial charge in [-0.15, -0.1) is 0 Å². The summed E-state index contributed by atoms with van der Waals surface area (Å²) in [5.74, 6) is 0.508. The maximum absolute atomic E-state index is 12.8. The molecule has 0 aliphatic heterocycles. The van der Waals surface area contributed by atoms with E-state index in [4.69, 9.17) is 11.6 Å². The van der Waals surface area contributed by atoms with Crippen molar-refractivity contribution >= 4 is 22.5 Å². The molecule has 0 unspecified atom stereocenters. The van der Waals surface area contributed by atoms with Gasteiger partial charge in [0, 0.05) is 35.7 Å². The van der Waals surface area contributed by atoms with Gasteiger partial charge in [-0.1, -0.05) is 74.0 Å². The third kappa shape index (κ3) is 5.48. The monoisotopic (exact) mass is 444 g/mol. The van der Waals surface area contributed by atoms with Crippen molar-refractivity contribution in [1.29, 1.82) is 0 Å². The van der Waals surface area contributed by atoms with Crippen LogP contribution < -0.4 is 5.56 Å². The van der Waals surface area contributed by atoms with Gasteiger partial charge in [-0.2, -0.15) is 0 Å². The van der Waals surface area contributed by atoms with E-state index in [9.17, 15) is 4.79 Å². The predicted molar refractivity (Wildman–Crippen MR) is 134 cm³/mol. The van der Waals surface area contributed by atoms with E-state index in [2.05, 4.69) is 60.1 Å². The van der Waals surface area contributed by atoms with Gasteiger partial charge in [0.1, 0.15) is 0 Å². The molecule has 32 heavy (non-hydrogen) atoms. The summed E-state index contributed by atoms with van der Waals surface area (Å²) in [4.78, 5) is 18.2. The second kappa shape index (κ2) is 9.72. The molecule has 3 aromatic carbocycles. The summed E-state index contributed by atoms with van der Waals surface area (Å²) in [6.45, 7) is 8.49. The molecule has 0 amide bonds. The van der Waals surface area contributed by atoms with E-state index in [0.717, 1.165) is 40.1 Å². The van der Waals surface area contributed by atoms with E-state index < -0.39 is 0 Å². The van der Waals surface area contributed by atoms with Crippen LogP contribution in [0.4, 0.5) is 0 Å². The molecule has 0 aliphatic carbocycles. The van der Waals surface area contributed by atoms with E-state index >= 15 is 0 Å². The van der Waals surface area contributed by atoms with E-state index in [0.29, 0.717) is 12.5 Å². The highest BCUT2D eigenvalue weighted by Gasteiger charge is 2.12. The standard InChI is InChI=1S/C28H29ClN2O/c1-19(2)23-10-5-21(6-11-23)16-31(17-22-7-12-26(29)13-8-22)18-25-15-24-9-4-20(3)14-27(24)30-28(25)32/h4-15,19H,16-18H2,1-3H3,(H,30,32). The van der Waals surface area contributed by atoms with Crippen LogP contribution >= 0.6 is 11.6 Å². The minimum Gasteiger partial charge on any atom is -0.322 e. The zero-order valence-corrected chi connectivity index (χ0v) is 19.6. The molecule has 1 heterocycles. The topological polar surface area (TPSA) is 36.1 Å². The maximum atomic E-state index is 12.8. The van der Waals surface area contributed by atoms with Crippen LogP contribution in [0.1, 0.15) is 47.6 Å². The third-order valence-corrected chi connectivity index (χ3v) is 6.10. The molecule has 0 fully saturated rings. The number of hydrogen-bond acceptors (Lipinski definition) is 2. The molecular formula is C28H29ClN2O. The molecule has 3 nitrogen and oxygen atoms in total. The number of nitrogens with zero attached hydrogens (tertiary/aromatic N) is 1. The van der Waals surface area contributed by atoms with Crippen LogP contribution in [0.5, 0.6) is 0 Å². The van der Waals surface area contributed by atoms with Crippen molar-refractivity contribution in [2.45, 2.75) is 46.3 Å². The number of pyridine rings is 1. The number of fused-ring (bicyclic) bond motifs is 1. The Morgan fingerprint density at radius 2 is 1.47 bits per heavy atom. The predicted octanol–water partition coefficient (Wildman–Crippen LogP) is 6.82. The number of rotatable bonds is 7. The molecule has 0 aliphatic rings. The van der Waals surface area contributed by atoms with Crippen LogP contribution in [0.25, 0.3) is 10.9 Å². The zero-order valence-electron chi connectivity index (χ0n) is 18.9. The summed E-state index contributed by atoms with van der Waals surface area (Å²) in [5, 5.41) is 1.78. The summed E-state index contributed by atoms with van der Waals surface area (Å²) in [6.07, 6.45) is 0. The molecule has 4 heteroatoms. The van der Waals surface area contributed by atoms with Gasteiger partial charge < -0.3 is 4.98 Å². The quantitative estimate of drug-likeness (QED) is 0.339. The van der Waals surface area contributed by atoms with Crippen molar-refractivity contribution in [2.24, 2.45) is 0 Å². The summed E-state index contributed by atoms with van der Waals surface area (Å²) in [7, 11) is 0. The molecule has 4 aromatic rings. The Labute approximate surface area is 194 Å². The van der Waals surface area contributed by atoms with Crippen LogP contribution in [0.15, 0.2) is 77.6 Å². The lowest BCUT2D eigenvalue weighted by atomic mass is 10.0. The Bertz CT molecular complexity index is 1260. The van der Waals surface area contributed by atoms with Crippen molar-refractivity contribution in [3.05, 3.63) is 116 Å². The highest BCUT2D eigenvalue weighted by molar-refractivity contribution is 6.30. The molecule has 0 spiro atoms. The summed E-state index contributed by atoms with van der Waals surface area (Å²) >= 11 is 6.08. The molecule has 0 saturated carbocycles. The lowest BCUT2D eigenvalue weighted by Gasteiger charge is -2.23. The van der Waals surface area contributed by atoms with Crippen molar-refractivity contribution < 1.29 is 0 Å². The molecule has 0 atom stereocenters. The summed E-state index contributed by atoms with van der Waals surface area (Å²) < 4.78 is 0. The fourth-order valence-electron chi connectivity index (χ4n) is 4.00.